The van der Waals surface area contributed by atoms with Crippen molar-refractivity contribution in [3.8, 4) is 10.7 Å². The number of carboxylic acid groups (broad SMARTS) is 1. The van der Waals surface area contributed by atoms with Crippen LogP contribution in [0.15, 0.2) is 17.9 Å². The van der Waals surface area contributed by atoms with Crippen LogP contribution >= 0.6 is 11.3 Å². The molecule has 0 bridgehead atoms. The zero-order chi connectivity index (χ0) is 13.6. The molecule has 0 atom stereocenters. The van der Waals surface area contributed by atoms with Gasteiger partial charge in [0.1, 0.15) is 10.4 Å². The second-order valence-corrected chi connectivity index (χ2v) is 6.24. The van der Waals surface area contributed by atoms with Gasteiger partial charge < -0.3 is 9.67 Å². The minimum absolute atomic E-state index is 0.539. The highest BCUT2D eigenvalue weighted by molar-refractivity contribution is 7.13. The second kappa shape index (κ2) is 4.16. The summed E-state index contributed by atoms with van der Waals surface area (Å²) in [5, 5.41) is 11.9. The number of hydrogen-bond donors (Lipinski definition) is 1. The van der Waals surface area contributed by atoms with Crippen molar-refractivity contribution in [1.82, 2.24) is 14.5 Å². The van der Waals surface area contributed by atoms with Crippen LogP contribution in [0.25, 0.3) is 10.7 Å². The molecule has 1 N–H and O–H groups in total. The molecule has 0 saturated heterocycles. The molecule has 0 aliphatic heterocycles. The van der Waals surface area contributed by atoms with Crippen molar-refractivity contribution in [3.05, 3.63) is 23.6 Å². The minimum atomic E-state index is -0.959. The molecule has 0 unspecified atom stereocenters. The van der Waals surface area contributed by atoms with Crippen molar-refractivity contribution in [2.75, 3.05) is 0 Å². The molecule has 0 aromatic carbocycles. The van der Waals surface area contributed by atoms with Gasteiger partial charge in [0, 0.05) is 11.4 Å². The highest BCUT2D eigenvalue weighted by atomic mass is 32.1. The number of aliphatic carboxylic acids is 1. The van der Waals surface area contributed by atoms with Gasteiger partial charge in [-0.15, -0.1) is 11.3 Å². The van der Waals surface area contributed by atoms with Crippen molar-refractivity contribution in [2.24, 2.45) is 0 Å². The van der Waals surface area contributed by atoms with E-state index in [9.17, 15) is 9.90 Å². The minimum Gasteiger partial charge on any atom is -0.481 e. The number of hydrogen-bond acceptors (Lipinski definition) is 4. The predicted octanol–water partition coefficient (Wildman–Crippen LogP) is 2.70. The number of rotatable bonds is 4. The lowest BCUT2D eigenvalue weighted by Gasteiger charge is -2.15. The summed E-state index contributed by atoms with van der Waals surface area (Å²) >= 11 is 1.48. The van der Waals surface area contributed by atoms with Crippen molar-refractivity contribution in [2.45, 2.75) is 38.1 Å². The van der Waals surface area contributed by atoms with Crippen LogP contribution in [0.3, 0.4) is 0 Å². The number of imidazole rings is 1. The van der Waals surface area contributed by atoms with Crippen LogP contribution in [0.4, 0.5) is 0 Å². The van der Waals surface area contributed by atoms with Crippen molar-refractivity contribution < 1.29 is 9.90 Å². The van der Waals surface area contributed by atoms with E-state index in [2.05, 4.69) is 14.5 Å². The Morgan fingerprint density at radius 2 is 2.26 bits per heavy atom. The highest BCUT2D eigenvalue weighted by Gasteiger charge is 2.33. The Morgan fingerprint density at radius 3 is 2.89 bits per heavy atom. The van der Waals surface area contributed by atoms with Gasteiger partial charge in [-0.3, -0.25) is 4.79 Å². The summed E-state index contributed by atoms with van der Waals surface area (Å²) < 4.78 is 2.14. The molecule has 2 aromatic heterocycles. The van der Waals surface area contributed by atoms with Gasteiger partial charge >= 0.3 is 5.97 Å². The number of thiazole rings is 1. The van der Waals surface area contributed by atoms with Crippen LogP contribution in [0.1, 0.15) is 38.4 Å². The van der Waals surface area contributed by atoms with Crippen LogP contribution in [0, 0.1) is 0 Å². The van der Waals surface area contributed by atoms with Crippen LogP contribution < -0.4 is 0 Å². The van der Waals surface area contributed by atoms with E-state index in [1.807, 2.05) is 11.7 Å². The lowest BCUT2D eigenvalue weighted by atomic mass is 9.90. The average Bonchev–Trinajstić information content (AvgIpc) is 2.92. The summed E-state index contributed by atoms with van der Waals surface area (Å²) in [4.78, 5) is 19.9. The molecular weight excluding hydrogens is 262 g/mol. The molecule has 100 valence electrons. The first kappa shape index (κ1) is 12.3. The zero-order valence-corrected chi connectivity index (χ0v) is 11.6. The fourth-order valence-electron chi connectivity index (χ4n) is 1.90. The Labute approximate surface area is 114 Å². The largest absolute Gasteiger partial charge is 0.481 e. The van der Waals surface area contributed by atoms with E-state index in [0.717, 1.165) is 10.7 Å². The summed E-state index contributed by atoms with van der Waals surface area (Å²) in [5.74, 6) is -0.861. The van der Waals surface area contributed by atoms with Crippen LogP contribution in [0.5, 0.6) is 0 Å². The quantitative estimate of drug-likeness (QED) is 0.933. The normalized spacial score (nSPS) is 15.7. The molecule has 1 aliphatic rings. The molecule has 1 aliphatic carbocycles. The van der Waals surface area contributed by atoms with E-state index in [-0.39, 0.29) is 0 Å². The first-order valence-corrected chi connectivity index (χ1v) is 7.09. The van der Waals surface area contributed by atoms with Crippen LogP contribution in [-0.4, -0.2) is 25.6 Å². The Morgan fingerprint density at radius 1 is 1.53 bits per heavy atom. The number of carbonyl (C=O) groups is 1. The molecule has 6 heteroatoms. The van der Waals surface area contributed by atoms with Crippen molar-refractivity contribution >= 4 is 17.3 Å². The summed E-state index contributed by atoms with van der Waals surface area (Å²) in [6.07, 6.45) is 6.00. The van der Waals surface area contributed by atoms with Gasteiger partial charge in [0.25, 0.3) is 0 Å². The molecule has 19 heavy (non-hydrogen) atoms. The Kier molecular flexibility index (Phi) is 2.70. The monoisotopic (exact) mass is 277 g/mol. The number of carboxylic acids is 1. The van der Waals surface area contributed by atoms with Crippen molar-refractivity contribution in [1.29, 1.82) is 0 Å². The molecule has 0 radical (unpaired) electrons. The van der Waals surface area contributed by atoms with Gasteiger partial charge in [-0.2, -0.15) is 0 Å². The van der Waals surface area contributed by atoms with E-state index in [1.54, 1.807) is 20.0 Å². The summed E-state index contributed by atoms with van der Waals surface area (Å²) in [6, 6.07) is 0.539. The maximum absolute atomic E-state index is 11.2. The predicted molar refractivity (Wildman–Crippen MR) is 72.3 cm³/mol. The maximum atomic E-state index is 11.2. The SMILES string of the molecule is CC(C)(C(=O)O)c1csc(-c2cncn2C2CC2)n1. The molecule has 0 amide bonds. The van der Waals surface area contributed by atoms with E-state index in [4.69, 9.17) is 0 Å². The standard InChI is InChI=1S/C13H15N3O2S/c1-13(2,12(17)18)10-6-19-11(15-10)9-5-14-7-16(9)8-3-4-8/h5-8H,3-4H2,1-2H3,(H,17,18). The lowest BCUT2D eigenvalue weighted by molar-refractivity contribution is -0.142. The van der Waals surface area contributed by atoms with Gasteiger partial charge in [-0.25, -0.2) is 9.97 Å². The van der Waals surface area contributed by atoms with Gasteiger partial charge in [-0.05, 0) is 26.7 Å². The van der Waals surface area contributed by atoms with E-state index in [1.165, 1.54) is 24.2 Å². The highest BCUT2D eigenvalue weighted by Crippen LogP contribution is 2.39. The smallest absolute Gasteiger partial charge is 0.315 e. The van der Waals surface area contributed by atoms with Gasteiger partial charge in [0.2, 0.25) is 0 Å². The zero-order valence-electron chi connectivity index (χ0n) is 10.8. The molecule has 1 fully saturated rings. The first-order valence-electron chi connectivity index (χ1n) is 6.22. The first-order chi connectivity index (χ1) is 9.00. The van der Waals surface area contributed by atoms with E-state index < -0.39 is 11.4 Å². The number of nitrogens with zero attached hydrogens (tertiary/aromatic N) is 3. The molecule has 0 spiro atoms. The van der Waals surface area contributed by atoms with Gasteiger partial charge in [0.15, 0.2) is 0 Å². The van der Waals surface area contributed by atoms with E-state index in [0.29, 0.717) is 11.7 Å². The topological polar surface area (TPSA) is 68.0 Å². The molecule has 5 nitrogen and oxygen atoms in total. The Hall–Kier alpha value is -1.69. The fourth-order valence-corrected chi connectivity index (χ4v) is 2.90. The number of aromatic nitrogens is 3. The Balaban J connectivity index is 1.97. The molecule has 2 aromatic rings. The third kappa shape index (κ3) is 2.06. The van der Waals surface area contributed by atoms with Crippen molar-refractivity contribution in [3.63, 3.8) is 0 Å². The Bertz CT molecular complexity index is 625. The lowest BCUT2D eigenvalue weighted by Crippen LogP contribution is -2.28. The van der Waals surface area contributed by atoms with Crippen LogP contribution in [-0.2, 0) is 10.2 Å². The van der Waals surface area contributed by atoms with Gasteiger partial charge in [-0.1, -0.05) is 0 Å². The average molecular weight is 277 g/mol. The fraction of sp³-hybridized carbons (Fsp3) is 0.462. The van der Waals surface area contributed by atoms with Crippen LogP contribution in [0.2, 0.25) is 0 Å². The molecular formula is C13H15N3O2S. The summed E-state index contributed by atoms with van der Waals surface area (Å²) in [6.45, 7) is 3.35. The summed E-state index contributed by atoms with van der Waals surface area (Å²) in [7, 11) is 0. The third-order valence-corrected chi connectivity index (χ3v) is 4.37. The molecule has 3 rings (SSSR count). The van der Waals surface area contributed by atoms with E-state index >= 15 is 0 Å². The maximum Gasteiger partial charge on any atom is 0.315 e. The second-order valence-electron chi connectivity index (χ2n) is 5.39. The molecule has 2 heterocycles. The third-order valence-electron chi connectivity index (χ3n) is 3.50. The summed E-state index contributed by atoms with van der Waals surface area (Å²) in [5.41, 5.74) is 0.627. The molecule has 1 saturated carbocycles. The van der Waals surface area contributed by atoms with Gasteiger partial charge in [0.05, 0.1) is 23.9 Å².